The fraction of sp³-hybridized carbons (Fsp3) is 0.350. The van der Waals surface area contributed by atoms with E-state index in [0.29, 0.717) is 37.0 Å². The number of methoxy groups -OCH3 is 1. The van der Waals surface area contributed by atoms with E-state index < -0.39 is 23.6 Å². The summed E-state index contributed by atoms with van der Waals surface area (Å²) in [6.45, 7) is 1.74. The number of pyridine rings is 1. The van der Waals surface area contributed by atoms with Crippen molar-refractivity contribution >= 4 is 17.6 Å². The smallest absolute Gasteiger partial charge is 0.416 e. The number of benzene rings is 1. The van der Waals surface area contributed by atoms with Crippen LogP contribution in [0, 0.1) is 5.82 Å². The molecule has 2 heterocycles. The van der Waals surface area contributed by atoms with Crippen LogP contribution in [0.15, 0.2) is 36.5 Å². The summed E-state index contributed by atoms with van der Waals surface area (Å²) in [5.41, 5.74) is -0.317. The van der Waals surface area contributed by atoms with Crippen molar-refractivity contribution in [3.05, 3.63) is 53.5 Å². The first-order valence-corrected chi connectivity index (χ1v) is 9.35. The minimum absolute atomic E-state index is 0.236. The van der Waals surface area contributed by atoms with Gasteiger partial charge in [0, 0.05) is 44.5 Å². The molecule has 2 amide bonds. The number of hydrogen-bond acceptors (Lipinski definition) is 5. The molecule has 1 aromatic heterocycles. The lowest BCUT2D eigenvalue weighted by atomic mass is 10.1. The van der Waals surface area contributed by atoms with Gasteiger partial charge < -0.3 is 15.0 Å². The minimum Gasteiger partial charge on any atom is -0.496 e. The van der Waals surface area contributed by atoms with Gasteiger partial charge in [0.05, 0.1) is 12.7 Å². The number of rotatable bonds is 4. The van der Waals surface area contributed by atoms with E-state index >= 15 is 0 Å². The second kappa shape index (κ2) is 9.29. The van der Waals surface area contributed by atoms with Gasteiger partial charge in [0.1, 0.15) is 17.4 Å². The van der Waals surface area contributed by atoms with E-state index in [1.165, 1.54) is 30.2 Å². The lowest BCUT2D eigenvalue weighted by Gasteiger charge is -2.34. The Morgan fingerprint density at radius 3 is 2.48 bits per heavy atom. The Labute approximate surface area is 175 Å². The highest BCUT2D eigenvalue weighted by molar-refractivity contribution is 6.39. The van der Waals surface area contributed by atoms with Gasteiger partial charge in [0.25, 0.3) is 0 Å². The molecule has 0 bridgehead atoms. The lowest BCUT2D eigenvalue weighted by Crippen LogP contribution is -2.51. The molecule has 0 aliphatic carbocycles. The fourth-order valence-electron chi connectivity index (χ4n) is 3.21. The highest BCUT2D eigenvalue weighted by Crippen LogP contribution is 2.30. The average molecular weight is 440 g/mol. The Morgan fingerprint density at radius 1 is 1.13 bits per heavy atom. The molecule has 11 heteroatoms. The fourth-order valence-corrected chi connectivity index (χ4v) is 3.21. The Balaban J connectivity index is 1.55. The van der Waals surface area contributed by atoms with Crippen molar-refractivity contribution in [1.82, 2.24) is 14.8 Å². The number of carbonyl (C=O) groups excluding carboxylic acids is 2. The van der Waals surface area contributed by atoms with Crippen LogP contribution in [-0.2, 0) is 22.3 Å². The van der Waals surface area contributed by atoms with E-state index in [2.05, 4.69) is 10.3 Å². The molecule has 3 rings (SSSR count). The molecule has 166 valence electrons. The Kier molecular flexibility index (Phi) is 6.74. The molecule has 0 unspecified atom stereocenters. The summed E-state index contributed by atoms with van der Waals surface area (Å²) in [5, 5.41) is 2.11. The summed E-state index contributed by atoms with van der Waals surface area (Å²) in [5.74, 6) is -2.11. The van der Waals surface area contributed by atoms with Gasteiger partial charge in [-0.25, -0.2) is 9.37 Å². The molecule has 1 N–H and O–H groups in total. The number of nitrogens with zero attached hydrogens (tertiary/aromatic N) is 3. The van der Waals surface area contributed by atoms with Crippen molar-refractivity contribution in [2.75, 3.05) is 38.6 Å². The van der Waals surface area contributed by atoms with E-state index in [-0.39, 0.29) is 24.7 Å². The molecule has 31 heavy (non-hydrogen) atoms. The van der Waals surface area contributed by atoms with Gasteiger partial charge >= 0.3 is 18.0 Å². The van der Waals surface area contributed by atoms with Gasteiger partial charge in [-0.05, 0) is 30.3 Å². The highest BCUT2D eigenvalue weighted by Gasteiger charge is 2.31. The molecule has 2 aromatic rings. The molecular weight excluding hydrogens is 420 g/mol. The maximum absolute atomic E-state index is 13.5. The van der Waals surface area contributed by atoms with E-state index in [9.17, 15) is 27.2 Å². The van der Waals surface area contributed by atoms with Gasteiger partial charge in [0.15, 0.2) is 0 Å². The molecule has 7 nitrogen and oxygen atoms in total. The van der Waals surface area contributed by atoms with Crippen LogP contribution in [0.25, 0.3) is 0 Å². The molecule has 1 aromatic carbocycles. The van der Waals surface area contributed by atoms with Crippen LogP contribution in [0.1, 0.15) is 11.1 Å². The van der Waals surface area contributed by atoms with Crippen molar-refractivity contribution in [3.8, 4) is 5.75 Å². The van der Waals surface area contributed by atoms with Crippen LogP contribution >= 0.6 is 0 Å². The number of hydrogen-bond donors (Lipinski definition) is 1. The Morgan fingerprint density at radius 2 is 1.84 bits per heavy atom. The zero-order chi connectivity index (χ0) is 22.6. The topological polar surface area (TPSA) is 74.8 Å². The number of piperazine rings is 1. The highest BCUT2D eigenvalue weighted by atomic mass is 19.4. The van der Waals surface area contributed by atoms with Gasteiger partial charge in [-0.3, -0.25) is 14.5 Å². The molecular formula is C20H20F4N4O3. The quantitative estimate of drug-likeness (QED) is 0.584. The third-order valence-electron chi connectivity index (χ3n) is 4.82. The molecule has 0 saturated carbocycles. The number of aromatic nitrogens is 1. The molecule has 1 aliphatic heterocycles. The maximum Gasteiger partial charge on any atom is 0.416 e. The van der Waals surface area contributed by atoms with Crippen LogP contribution < -0.4 is 10.1 Å². The van der Waals surface area contributed by atoms with Crippen molar-refractivity contribution in [2.24, 2.45) is 0 Å². The van der Waals surface area contributed by atoms with Gasteiger partial charge in [-0.2, -0.15) is 13.2 Å². The third-order valence-corrected chi connectivity index (χ3v) is 4.82. The summed E-state index contributed by atoms with van der Waals surface area (Å²) in [4.78, 5) is 31.5. The van der Waals surface area contributed by atoms with Gasteiger partial charge in [-0.1, -0.05) is 0 Å². The normalized spacial score (nSPS) is 14.9. The van der Waals surface area contributed by atoms with Gasteiger partial charge in [-0.15, -0.1) is 0 Å². The summed E-state index contributed by atoms with van der Waals surface area (Å²) in [6.07, 6.45) is -3.69. The first-order valence-electron chi connectivity index (χ1n) is 9.35. The average Bonchev–Trinajstić information content (AvgIpc) is 2.73. The van der Waals surface area contributed by atoms with Crippen LogP contribution in [0.4, 0.5) is 23.4 Å². The SMILES string of the molecule is COc1ccc(F)cc1CN1CCN(C(=O)C(=O)Nc2cc(C(F)(F)F)ccn2)CC1. The zero-order valence-corrected chi connectivity index (χ0v) is 16.6. The number of carbonyl (C=O) groups is 2. The van der Waals surface area contributed by atoms with Crippen molar-refractivity contribution < 1.29 is 31.9 Å². The number of halogens is 4. The van der Waals surface area contributed by atoms with Crippen molar-refractivity contribution in [1.29, 1.82) is 0 Å². The molecule has 0 atom stereocenters. The van der Waals surface area contributed by atoms with Crippen LogP contribution in [-0.4, -0.2) is 59.9 Å². The van der Waals surface area contributed by atoms with E-state index in [4.69, 9.17) is 4.74 Å². The number of amides is 2. The third kappa shape index (κ3) is 5.69. The van der Waals surface area contributed by atoms with Crippen molar-refractivity contribution in [2.45, 2.75) is 12.7 Å². The van der Waals surface area contributed by atoms with Crippen LogP contribution in [0.2, 0.25) is 0 Å². The second-order valence-corrected chi connectivity index (χ2v) is 6.91. The van der Waals surface area contributed by atoms with Crippen LogP contribution in [0.3, 0.4) is 0 Å². The monoisotopic (exact) mass is 440 g/mol. The number of nitrogens with one attached hydrogen (secondary N) is 1. The predicted octanol–water partition coefficient (Wildman–Crippen LogP) is 2.53. The molecule has 0 radical (unpaired) electrons. The summed E-state index contributed by atoms with van der Waals surface area (Å²) in [6, 6.07) is 5.65. The number of ether oxygens (including phenoxy) is 1. The van der Waals surface area contributed by atoms with E-state index in [1.807, 2.05) is 4.90 Å². The first kappa shape index (κ1) is 22.5. The zero-order valence-electron chi connectivity index (χ0n) is 16.6. The minimum atomic E-state index is -4.59. The summed E-state index contributed by atoms with van der Waals surface area (Å²) < 4.78 is 57.1. The van der Waals surface area contributed by atoms with Gasteiger partial charge in [0.2, 0.25) is 0 Å². The largest absolute Gasteiger partial charge is 0.496 e. The first-order chi connectivity index (χ1) is 14.7. The predicted molar refractivity (Wildman–Crippen MR) is 103 cm³/mol. The standard InChI is InChI=1S/C20H20F4N4O3/c1-31-16-3-2-15(21)10-13(16)12-27-6-8-28(9-7-27)19(30)18(29)26-17-11-14(4-5-25-17)20(22,23)24/h2-5,10-11H,6-9,12H2,1H3,(H,25,26,29). The second-order valence-electron chi connectivity index (χ2n) is 6.91. The molecule has 1 fully saturated rings. The van der Waals surface area contributed by atoms with Crippen LogP contribution in [0.5, 0.6) is 5.75 Å². The van der Waals surface area contributed by atoms with E-state index in [0.717, 1.165) is 12.3 Å². The summed E-state index contributed by atoms with van der Waals surface area (Å²) in [7, 11) is 1.49. The lowest BCUT2D eigenvalue weighted by molar-refractivity contribution is -0.144. The Bertz CT molecular complexity index is 960. The summed E-state index contributed by atoms with van der Waals surface area (Å²) >= 11 is 0. The molecule has 1 aliphatic rings. The molecule has 0 spiro atoms. The number of anilines is 1. The Hall–Kier alpha value is -3.21. The number of alkyl halides is 3. The maximum atomic E-state index is 13.5. The molecule has 1 saturated heterocycles. The van der Waals surface area contributed by atoms with E-state index in [1.54, 1.807) is 0 Å². The van der Waals surface area contributed by atoms with Crippen molar-refractivity contribution in [3.63, 3.8) is 0 Å².